The first-order chi connectivity index (χ1) is 8.69. The number of nitro benzene ring substituents is 1. The average molecular weight is 252 g/mol. The lowest BCUT2D eigenvalue weighted by atomic mass is 10.2. The Balaban J connectivity index is 0.00000137. The van der Waals surface area contributed by atoms with Gasteiger partial charge >= 0.3 is 0 Å². The van der Waals surface area contributed by atoms with E-state index in [4.69, 9.17) is 0 Å². The highest BCUT2D eigenvalue weighted by Crippen LogP contribution is 2.19. The number of rotatable bonds is 6. The summed E-state index contributed by atoms with van der Waals surface area (Å²) >= 11 is 0. The first-order valence-electron chi connectivity index (χ1n) is 6.68. The standard InChI is InChI=1S/C12H18N2O2.C2H6/c1-3-9-13(10-4-2)11-5-7-12(8-6-11)14(15)16;1-2/h5-8H,3-4,9-10H2,1-2H3;1-2H3. The zero-order chi connectivity index (χ0) is 14.0. The van der Waals surface area contributed by atoms with Crippen LogP contribution in [0.2, 0.25) is 0 Å². The summed E-state index contributed by atoms with van der Waals surface area (Å²) < 4.78 is 0. The molecule has 0 heterocycles. The van der Waals surface area contributed by atoms with Crippen LogP contribution in [-0.4, -0.2) is 18.0 Å². The summed E-state index contributed by atoms with van der Waals surface area (Å²) in [7, 11) is 0. The van der Waals surface area contributed by atoms with Gasteiger partial charge in [0.1, 0.15) is 0 Å². The summed E-state index contributed by atoms with van der Waals surface area (Å²) in [5, 5.41) is 10.5. The average Bonchev–Trinajstić information content (AvgIpc) is 2.41. The van der Waals surface area contributed by atoms with Gasteiger partial charge < -0.3 is 4.90 Å². The fraction of sp³-hybridized carbons (Fsp3) is 0.571. The molecule has 102 valence electrons. The van der Waals surface area contributed by atoms with Crippen molar-refractivity contribution in [3.8, 4) is 0 Å². The molecule has 0 N–H and O–H groups in total. The minimum Gasteiger partial charge on any atom is -0.372 e. The van der Waals surface area contributed by atoms with Crippen molar-refractivity contribution in [1.82, 2.24) is 0 Å². The number of benzene rings is 1. The van der Waals surface area contributed by atoms with Crippen LogP contribution in [0.25, 0.3) is 0 Å². The number of non-ortho nitro benzene ring substituents is 1. The highest BCUT2D eigenvalue weighted by atomic mass is 16.6. The van der Waals surface area contributed by atoms with E-state index in [-0.39, 0.29) is 10.6 Å². The van der Waals surface area contributed by atoms with Crippen LogP contribution in [0.15, 0.2) is 24.3 Å². The van der Waals surface area contributed by atoms with Gasteiger partial charge in [0, 0.05) is 30.9 Å². The van der Waals surface area contributed by atoms with Crippen molar-refractivity contribution < 1.29 is 4.92 Å². The van der Waals surface area contributed by atoms with E-state index < -0.39 is 0 Å². The van der Waals surface area contributed by atoms with Gasteiger partial charge in [-0.15, -0.1) is 0 Å². The molecule has 4 nitrogen and oxygen atoms in total. The highest BCUT2D eigenvalue weighted by Gasteiger charge is 2.07. The number of anilines is 1. The van der Waals surface area contributed by atoms with E-state index in [1.165, 1.54) is 0 Å². The molecule has 0 aliphatic carbocycles. The van der Waals surface area contributed by atoms with Crippen LogP contribution < -0.4 is 4.90 Å². The number of nitrogens with zero attached hydrogens (tertiary/aromatic N) is 2. The maximum atomic E-state index is 10.5. The molecule has 0 unspecified atom stereocenters. The molecular weight excluding hydrogens is 228 g/mol. The minimum absolute atomic E-state index is 0.150. The summed E-state index contributed by atoms with van der Waals surface area (Å²) in [6, 6.07) is 6.77. The monoisotopic (exact) mass is 252 g/mol. The van der Waals surface area contributed by atoms with Crippen molar-refractivity contribution in [2.24, 2.45) is 0 Å². The molecule has 1 aromatic rings. The van der Waals surface area contributed by atoms with Crippen LogP contribution >= 0.6 is 0 Å². The van der Waals surface area contributed by atoms with Crippen LogP contribution in [0.4, 0.5) is 11.4 Å². The smallest absolute Gasteiger partial charge is 0.269 e. The molecule has 18 heavy (non-hydrogen) atoms. The van der Waals surface area contributed by atoms with Crippen LogP contribution in [-0.2, 0) is 0 Å². The van der Waals surface area contributed by atoms with Gasteiger partial charge in [0.05, 0.1) is 4.92 Å². The first-order valence-corrected chi connectivity index (χ1v) is 6.68. The lowest BCUT2D eigenvalue weighted by Crippen LogP contribution is -2.24. The summed E-state index contributed by atoms with van der Waals surface area (Å²) in [5.41, 5.74) is 1.21. The molecule has 0 fully saturated rings. The second-order valence-corrected chi connectivity index (χ2v) is 3.76. The fourth-order valence-electron chi connectivity index (χ4n) is 1.70. The Morgan fingerprint density at radius 1 is 1.06 bits per heavy atom. The van der Waals surface area contributed by atoms with Crippen molar-refractivity contribution >= 4 is 11.4 Å². The van der Waals surface area contributed by atoms with E-state index in [1.54, 1.807) is 12.1 Å². The van der Waals surface area contributed by atoms with Crippen molar-refractivity contribution in [2.75, 3.05) is 18.0 Å². The molecule has 0 aromatic heterocycles. The second kappa shape index (κ2) is 9.45. The molecule has 0 radical (unpaired) electrons. The van der Waals surface area contributed by atoms with Gasteiger partial charge in [-0.05, 0) is 25.0 Å². The Morgan fingerprint density at radius 2 is 1.50 bits per heavy atom. The van der Waals surface area contributed by atoms with Gasteiger partial charge in [-0.2, -0.15) is 0 Å². The Kier molecular flexibility index (Phi) is 8.62. The lowest BCUT2D eigenvalue weighted by molar-refractivity contribution is -0.384. The molecule has 1 aromatic carbocycles. The molecule has 4 heteroatoms. The Hall–Kier alpha value is -1.58. The van der Waals surface area contributed by atoms with E-state index in [2.05, 4.69) is 18.7 Å². The molecule has 0 atom stereocenters. The minimum atomic E-state index is -0.367. The van der Waals surface area contributed by atoms with Crippen LogP contribution in [0.5, 0.6) is 0 Å². The molecule has 0 bridgehead atoms. The number of hydrogen-bond donors (Lipinski definition) is 0. The van der Waals surface area contributed by atoms with Gasteiger partial charge in [0.15, 0.2) is 0 Å². The van der Waals surface area contributed by atoms with E-state index in [0.29, 0.717) is 0 Å². The Bertz CT molecular complexity index is 330. The zero-order valence-electron chi connectivity index (χ0n) is 11.8. The molecule has 0 saturated carbocycles. The normalized spacial score (nSPS) is 9.33. The SMILES string of the molecule is CC.CCCN(CCC)c1ccc([N+](=O)[O-])cc1. The molecule has 0 aliphatic heterocycles. The lowest BCUT2D eigenvalue weighted by Gasteiger charge is -2.23. The molecule has 0 saturated heterocycles. The van der Waals surface area contributed by atoms with E-state index in [1.807, 2.05) is 26.0 Å². The predicted molar refractivity (Wildman–Crippen MR) is 77.2 cm³/mol. The molecule has 1 rings (SSSR count). The summed E-state index contributed by atoms with van der Waals surface area (Å²) in [6.07, 6.45) is 2.16. The van der Waals surface area contributed by atoms with Gasteiger partial charge in [-0.25, -0.2) is 0 Å². The maximum absolute atomic E-state index is 10.5. The van der Waals surface area contributed by atoms with Crippen LogP contribution in [0, 0.1) is 10.1 Å². The fourth-order valence-corrected chi connectivity index (χ4v) is 1.70. The van der Waals surface area contributed by atoms with Crippen LogP contribution in [0.1, 0.15) is 40.5 Å². The van der Waals surface area contributed by atoms with Gasteiger partial charge in [-0.3, -0.25) is 10.1 Å². The first kappa shape index (κ1) is 16.4. The van der Waals surface area contributed by atoms with Crippen molar-refractivity contribution in [2.45, 2.75) is 40.5 Å². The largest absolute Gasteiger partial charge is 0.372 e. The number of hydrogen-bond acceptors (Lipinski definition) is 3. The van der Waals surface area contributed by atoms with E-state index in [0.717, 1.165) is 31.6 Å². The summed E-state index contributed by atoms with van der Waals surface area (Å²) in [4.78, 5) is 12.4. The van der Waals surface area contributed by atoms with Gasteiger partial charge in [0.2, 0.25) is 0 Å². The summed E-state index contributed by atoms with van der Waals surface area (Å²) in [6.45, 7) is 10.2. The van der Waals surface area contributed by atoms with Gasteiger partial charge in [-0.1, -0.05) is 27.7 Å². The number of nitro groups is 1. The molecule has 0 amide bonds. The topological polar surface area (TPSA) is 46.4 Å². The molecule has 0 aliphatic rings. The summed E-state index contributed by atoms with van der Waals surface area (Å²) in [5.74, 6) is 0. The third-order valence-electron chi connectivity index (χ3n) is 2.41. The predicted octanol–water partition coefficient (Wildman–Crippen LogP) is 4.25. The quantitative estimate of drug-likeness (QED) is 0.561. The van der Waals surface area contributed by atoms with Crippen LogP contribution in [0.3, 0.4) is 0 Å². The zero-order valence-corrected chi connectivity index (χ0v) is 11.8. The van der Waals surface area contributed by atoms with Crippen molar-refractivity contribution in [1.29, 1.82) is 0 Å². The second-order valence-electron chi connectivity index (χ2n) is 3.76. The maximum Gasteiger partial charge on any atom is 0.269 e. The molecule has 0 spiro atoms. The van der Waals surface area contributed by atoms with Crippen molar-refractivity contribution in [3.05, 3.63) is 34.4 Å². The third-order valence-corrected chi connectivity index (χ3v) is 2.41. The van der Waals surface area contributed by atoms with E-state index >= 15 is 0 Å². The molecular formula is C14H24N2O2. The third kappa shape index (κ3) is 5.17. The Labute approximate surface area is 110 Å². The highest BCUT2D eigenvalue weighted by molar-refractivity contribution is 5.50. The van der Waals surface area contributed by atoms with Gasteiger partial charge in [0.25, 0.3) is 5.69 Å². The van der Waals surface area contributed by atoms with Crippen molar-refractivity contribution in [3.63, 3.8) is 0 Å². The Morgan fingerprint density at radius 3 is 1.83 bits per heavy atom. The van der Waals surface area contributed by atoms with E-state index in [9.17, 15) is 10.1 Å².